The third-order valence-electron chi connectivity index (χ3n) is 3.82. The van der Waals surface area contributed by atoms with E-state index in [4.69, 9.17) is 9.47 Å². The molecule has 2 aromatic carbocycles. The number of benzene rings is 2. The second-order valence-electron chi connectivity index (χ2n) is 5.57. The molecule has 0 saturated heterocycles. The molecule has 1 aromatic heterocycles. The van der Waals surface area contributed by atoms with Crippen LogP contribution in [-0.4, -0.2) is 30.1 Å². The highest BCUT2D eigenvalue weighted by molar-refractivity contribution is 7.07. The molecular formula is C20H17NO5S. The van der Waals surface area contributed by atoms with Crippen molar-refractivity contribution in [1.82, 2.24) is 4.98 Å². The summed E-state index contributed by atoms with van der Waals surface area (Å²) < 4.78 is 11.0. The van der Waals surface area contributed by atoms with Crippen molar-refractivity contribution in [2.24, 2.45) is 0 Å². The van der Waals surface area contributed by atoms with Crippen molar-refractivity contribution in [3.05, 3.63) is 73.1 Å². The van der Waals surface area contributed by atoms with Crippen LogP contribution in [0.3, 0.4) is 0 Å². The monoisotopic (exact) mass is 383 g/mol. The Hall–Kier alpha value is -3.32. The molecule has 0 radical (unpaired) electrons. The number of carbonyl (C=O) groups excluding carboxylic acids is 1. The molecule has 0 saturated carbocycles. The van der Waals surface area contributed by atoms with Gasteiger partial charge in [0.05, 0.1) is 29.0 Å². The summed E-state index contributed by atoms with van der Waals surface area (Å²) in [7, 11) is 2.96. The van der Waals surface area contributed by atoms with Crippen LogP contribution >= 0.6 is 11.3 Å². The molecule has 6 nitrogen and oxygen atoms in total. The number of methoxy groups -OCH3 is 2. The van der Waals surface area contributed by atoms with E-state index in [0.29, 0.717) is 31.8 Å². The fraction of sp³-hybridized carbons (Fsp3) is 0.100. The van der Waals surface area contributed by atoms with Crippen molar-refractivity contribution < 1.29 is 19.4 Å². The quantitative estimate of drug-likeness (QED) is 0.654. The average Bonchev–Trinajstić information content (AvgIpc) is 3.00. The van der Waals surface area contributed by atoms with Crippen molar-refractivity contribution in [3.8, 4) is 17.2 Å². The molecule has 0 aliphatic carbocycles. The van der Waals surface area contributed by atoms with E-state index in [0.717, 1.165) is 11.3 Å². The minimum absolute atomic E-state index is 0.0163. The largest absolute Gasteiger partial charge is 0.504 e. The number of phenolic OH excluding ortho intramolecular Hbond substituents is 1. The summed E-state index contributed by atoms with van der Waals surface area (Å²) in [4.78, 5) is 27.3. The predicted octanol–water partition coefficient (Wildman–Crippen LogP) is 1.65. The van der Waals surface area contributed by atoms with Crippen LogP contribution in [-0.2, 0) is 0 Å². The Morgan fingerprint density at radius 2 is 1.85 bits per heavy atom. The number of aromatic amines is 1. The van der Waals surface area contributed by atoms with Crippen LogP contribution in [0.5, 0.6) is 17.2 Å². The van der Waals surface area contributed by atoms with Gasteiger partial charge in [-0.1, -0.05) is 18.2 Å². The molecule has 3 rings (SSSR count). The van der Waals surface area contributed by atoms with Gasteiger partial charge in [0, 0.05) is 6.08 Å². The topological polar surface area (TPSA) is 88.6 Å². The van der Waals surface area contributed by atoms with Crippen LogP contribution in [0.2, 0.25) is 0 Å². The van der Waals surface area contributed by atoms with E-state index in [1.807, 2.05) is 0 Å². The Morgan fingerprint density at radius 3 is 2.56 bits per heavy atom. The summed E-state index contributed by atoms with van der Waals surface area (Å²) in [5.74, 6) is 0.540. The van der Waals surface area contributed by atoms with Crippen LogP contribution < -0.4 is 24.2 Å². The maximum atomic E-state index is 12.5. The van der Waals surface area contributed by atoms with Crippen molar-refractivity contribution in [3.63, 3.8) is 0 Å². The molecule has 0 fully saturated rings. The highest BCUT2D eigenvalue weighted by atomic mass is 32.1. The molecule has 0 atom stereocenters. The lowest BCUT2D eigenvalue weighted by Crippen LogP contribution is -2.20. The number of hydrogen-bond donors (Lipinski definition) is 2. The predicted molar refractivity (Wildman–Crippen MR) is 104 cm³/mol. The number of hydrogen-bond acceptors (Lipinski definition) is 6. The molecule has 138 valence electrons. The van der Waals surface area contributed by atoms with Crippen LogP contribution in [0.15, 0.2) is 47.3 Å². The molecule has 0 spiro atoms. The van der Waals surface area contributed by atoms with Crippen LogP contribution in [0, 0.1) is 0 Å². The Morgan fingerprint density at radius 1 is 1.11 bits per heavy atom. The molecule has 1 heterocycles. The van der Waals surface area contributed by atoms with Crippen LogP contribution in [0.25, 0.3) is 12.2 Å². The van der Waals surface area contributed by atoms with Gasteiger partial charge < -0.3 is 19.6 Å². The number of ketones is 1. The normalized spacial score (nSPS) is 12.2. The van der Waals surface area contributed by atoms with Gasteiger partial charge in [-0.05, 0) is 35.9 Å². The van der Waals surface area contributed by atoms with E-state index in [1.165, 1.54) is 26.4 Å². The summed E-state index contributed by atoms with van der Waals surface area (Å²) in [5, 5.41) is 9.85. The number of rotatable bonds is 5. The second-order valence-corrected chi connectivity index (χ2v) is 6.65. The molecular weight excluding hydrogens is 366 g/mol. The molecule has 2 N–H and O–H groups in total. The summed E-state index contributed by atoms with van der Waals surface area (Å²) in [6.45, 7) is 0. The summed E-state index contributed by atoms with van der Waals surface area (Å²) in [6.07, 6.45) is 3.00. The lowest BCUT2D eigenvalue weighted by atomic mass is 10.1. The Labute approximate surface area is 158 Å². The van der Waals surface area contributed by atoms with E-state index in [1.54, 1.807) is 42.5 Å². The first-order chi connectivity index (χ1) is 13.0. The smallest absolute Gasteiger partial charge is 0.266 e. The molecule has 0 aliphatic heterocycles. The number of Topliss-reactive ketones (excluding diaryl/α,β-unsaturated/α-hetero) is 1. The first-order valence-electron chi connectivity index (χ1n) is 7.98. The van der Waals surface area contributed by atoms with Crippen LogP contribution in [0.4, 0.5) is 0 Å². The van der Waals surface area contributed by atoms with Crippen LogP contribution in [0.1, 0.15) is 15.9 Å². The zero-order valence-electron chi connectivity index (χ0n) is 14.7. The minimum Gasteiger partial charge on any atom is -0.504 e. The summed E-state index contributed by atoms with van der Waals surface area (Å²) in [6, 6.07) is 11.7. The van der Waals surface area contributed by atoms with Gasteiger partial charge >= 0.3 is 0 Å². The average molecular weight is 383 g/mol. The van der Waals surface area contributed by atoms with Crippen molar-refractivity contribution in [2.75, 3.05) is 14.2 Å². The number of ether oxygens (including phenoxy) is 2. The fourth-order valence-corrected chi connectivity index (χ4v) is 3.40. The number of H-pyrrole nitrogens is 1. The van der Waals surface area contributed by atoms with Crippen molar-refractivity contribution in [2.45, 2.75) is 0 Å². The number of aromatic nitrogens is 1. The van der Waals surface area contributed by atoms with E-state index in [2.05, 4.69) is 4.98 Å². The lowest BCUT2D eigenvalue weighted by Gasteiger charge is -2.03. The second kappa shape index (κ2) is 7.92. The third kappa shape index (κ3) is 4.09. The van der Waals surface area contributed by atoms with Gasteiger partial charge in [-0.15, -0.1) is 11.3 Å². The van der Waals surface area contributed by atoms with Gasteiger partial charge in [0.1, 0.15) is 5.75 Å². The number of para-hydroxylation sites is 1. The van der Waals surface area contributed by atoms with E-state index in [9.17, 15) is 14.7 Å². The fourth-order valence-electron chi connectivity index (χ4n) is 2.52. The summed E-state index contributed by atoms with van der Waals surface area (Å²) in [5.41, 5.74) is 0.748. The zero-order chi connectivity index (χ0) is 19.4. The van der Waals surface area contributed by atoms with Gasteiger partial charge in [-0.3, -0.25) is 9.59 Å². The first-order valence-corrected chi connectivity index (χ1v) is 8.80. The van der Waals surface area contributed by atoms with Crippen molar-refractivity contribution in [1.29, 1.82) is 0 Å². The van der Waals surface area contributed by atoms with Gasteiger partial charge in [-0.25, -0.2) is 0 Å². The molecule has 27 heavy (non-hydrogen) atoms. The van der Waals surface area contributed by atoms with Gasteiger partial charge in [0.25, 0.3) is 5.56 Å². The van der Waals surface area contributed by atoms with Gasteiger partial charge in [0.15, 0.2) is 17.3 Å². The molecule has 0 bridgehead atoms. The zero-order valence-corrected chi connectivity index (χ0v) is 15.5. The maximum absolute atomic E-state index is 12.5. The Balaban J connectivity index is 1.99. The van der Waals surface area contributed by atoms with E-state index < -0.39 is 0 Å². The third-order valence-corrected chi connectivity index (χ3v) is 4.78. The highest BCUT2D eigenvalue weighted by Gasteiger charge is 2.09. The van der Waals surface area contributed by atoms with E-state index in [-0.39, 0.29) is 17.1 Å². The number of phenols is 1. The SMILES string of the molecule is COc1ccc(/C=c2\s/c(=C\C(=O)c3ccccc3OC)[nH]c2=O)cc1O. The first kappa shape index (κ1) is 18.5. The molecule has 0 amide bonds. The Bertz CT molecular complexity index is 1160. The highest BCUT2D eigenvalue weighted by Crippen LogP contribution is 2.26. The molecule has 3 aromatic rings. The molecule has 0 unspecified atom stereocenters. The van der Waals surface area contributed by atoms with E-state index >= 15 is 0 Å². The lowest BCUT2D eigenvalue weighted by molar-refractivity contribution is 0.105. The number of nitrogens with one attached hydrogen (secondary N) is 1. The van der Waals surface area contributed by atoms with Gasteiger partial charge in [-0.2, -0.15) is 0 Å². The maximum Gasteiger partial charge on any atom is 0.266 e. The minimum atomic E-state index is -0.311. The molecule has 0 aliphatic rings. The standard InChI is InChI=1S/C20H17NO5S/c1-25-16-6-4-3-5-13(16)14(22)11-19-21-20(24)18(27-19)10-12-7-8-17(26-2)15(23)9-12/h3-11,23H,1-2H3,(H,21,24)/b18-10-,19-11-. The van der Waals surface area contributed by atoms with Crippen molar-refractivity contribution >= 4 is 29.3 Å². The molecule has 7 heteroatoms. The summed E-state index contributed by atoms with van der Waals surface area (Å²) >= 11 is 1.15. The van der Waals surface area contributed by atoms with Gasteiger partial charge in [0.2, 0.25) is 0 Å². The number of carbonyl (C=O) groups is 1. The number of aromatic hydroxyl groups is 1. The Kier molecular flexibility index (Phi) is 5.42. The number of thiazole rings is 1.